The first-order valence-electron chi connectivity index (χ1n) is 5.91. The van der Waals surface area contributed by atoms with E-state index in [-0.39, 0.29) is 34.0 Å². The molecule has 0 aromatic carbocycles. The van der Waals surface area contributed by atoms with Gasteiger partial charge >= 0.3 is 0 Å². The van der Waals surface area contributed by atoms with Gasteiger partial charge in [-0.3, -0.25) is 0 Å². The van der Waals surface area contributed by atoms with E-state index in [0.29, 0.717) is 0 Å². The Morgan fingerprint density at radius 2 is 1.17 bits per heavy atom. The van der Waals surface area contributed by atoms with E-state index in [0.717, 1.165) is 26.2 Å². The van der Waals surface area contributed by atoms with Crippen LogP contribution in [0.15, 0.2) is 37.4 Å². The van der Waals surface area contributed by atoms with Crippen molar-refractivity contribution in [2.45, 2.75) is 40.0 Å². The number of nitrogens with zero attached hydrogens (tertiary/aromatic N) is 4. The summed E-state index contributed by atoms with van der Waals surface area (Å²) in [6.45, 7) is 8.41. The fourth-order valence-corrected chi connectivity index (χ4v) is 1.75. The molecule has 0 bridgehead atoms. The Hall–Kier alpha value is -0.620. The summed E-state index contributed by atoms with van der Waals surface area (Å²) < 4.78 is 8.81. The fourth-order valence-electron chi connectivity index (χ4n) is 1.75. The van der Waals surface area contributed by atoms with Gasteiger partial charge in [0.25, 0.3) is 0 Å². The lowest BCUT2D eigenvalue weighted by molar-refractivity contribution is -0.777. The van der Waals surface area contributed by atoms with Crippen LogP contribution < -0.4 is 43.1 Å². The Morgan fingerprint density at radius 3 is 1.44 bits per heavy atom. The van der Waals surface area contributed by atoms with Gasteiger partial charge < -0.3 is 34.0 Å². The third-order valence-electron chi connectivity index (χ3n) is 2.84. The van der Waals surface area contributed by atoms with E-state index in [9.17, 15) is 0 Å². The number of imidazole rings is 2. The van der Waals surface area contributed by atoms with Crippen molar-refractivity contribution in [3.05, 3.63) is 37.4 Å². The van der Waals surface area contributed by atoms with E-state index in [4.69, 9.17) is 0 Å². The lowest BCUT2D eigenvalue weighted by atomic mass is 10.6. The van der Waals surface area contributed by atoms with Gasteiger partial charge in [-0.1, -0.05) is 0 Å². The molecule has 2 aromatic rings. The monoisotopic (exact) mass is 378 g/mol. The van der Waals surface area contributed by atoms with Crippen LogP contribution in [0.25, 0.3) is 0 Å². The smallest absolute Gasteiger partial charge is 0.243 e. The van der Waals surface area contributed by atoms with Crippen molar-refractivity contribution in [3.8, 4) is 0 Å². The number of hydrogen-bond acceptors (Lipinski definition) is 0. The summed E-state index contributed by atoms with van der Waals surface area (Å²) in [5, 5.41) is 0. The van der Waals surface area contributed by atoms with Gasteiger partial charge in [-0.2, -0.15) is 0 Å². The van der Waals surface area contributed by atoms with Crippen LogP contribution in [0.2, 0.25) is 0 Å². The number of aromatic nitrogens is 4. The zero-order chi connectivity index (χ0) is 11.4. The predicted octanol–water partition coefficient (Wildman–Crippen LogP) is -5.39. The second-order valence-corrected chi connectivity index (χ2v) is 3.96. The third-order valence-corrected chi connectivity index (χ3v) is 2.84. The molecule has 0 saturated carbocycles. The summed E-state index contributed by atoms with van der Waals surface area (Å²) in [6, 6.07) is 0. The van der Waals surface area contributed by atoms with Crippen LogP contribution in [0.1, 0.15) is 13.8 Å². The zero-order valence-corrected chi connectivity index (χ0v) is 14.0. The van der Waals surface area contributed by atoms with Gasteiger partial charge in [-0.05, 0) is 13.8 Å². The van der Waals surface area contributed by atoms with Crippen molar-refractivity contribution in [3.63, 3.8) is 0 Å². The summed E-state index contributed by atoms with van der Waals surface area (Å²) in [5.74, 6) is 0. The van der Waals surface area contributed by atoms with E-state index in [2.05, 4.69) is 69.6 Å². The second-order valence-electron chi connectivity index (χ2n) is 3.96. The van der Waals surface area contributed by atoms with Crippen LogP contribution >= 0.6 is 0 Å². The van der Waals surface area contributed by atoms with E-state index >= 15 is 0 Å². The average Bonchev–Trinajstić information content (AvgIpc) is 2.95. The standard InChI is InChI=1S/C12H20N4.2BrH/c1-3-13-5-7-15(11-13)9-10-16-8-6-14(4-2)12-16;;/h5-8,11-12H,3-4,9-10H2,1-2H3;2*1H/q+2;;/p-2. The van der Waals surface area contributed by atoms with Crippen molar-refractivity contribution in [2.75, 3.05) is 0 Å². The molecule has 2 rings (SSSR count). The van der Waals surface area contributed by atoms with Crippen molar-refractivity contribution in [1.82, 2.24) is 9.13 Å². The average molecular weight is 380 g/mol. The van der Waals surface area contributed by atoms with Crippen molar-refractivity contribution < 1.29 is 43.1 Å². The molecule has 102 valence electrons. The molecule has 0 amide bonds. The molecule has 0 atom stereocenters. The molecule has 2 heterocycles. The molecule has 0 aliphatic rings. The number of hydrogen-bond donors (Lipinski definition) is 0. The maximum Gasteiger partial charge on any atom is 0.243 e. The van der Waals surface area contributed by atoms with E-state index in [1.807, 2.05) is 0 Å². The Labute approximate surface area is 129 Å². The lowest BCUT2D eigenvalue weighted by Gasteiger charge is -1.93. The first kappa shape index (κ1) is 17.4. The maximum absolute atomic E-state index is 2.22. The molecule has 0 aliphatic heterocycles. The molecule has 6 heteroatoms. The molecule has 0 saturated heterocycles. The van der Waals surface area contributed by atoms with Crippen LogP contribution in [0.5, 0.6) is 0 Å². The number of rotatable bonds is 5. The molecule has 0 unspecified atom stereocenters. The van der Waals surface area contributed by atoms with Crippen molar-refractivity contribution >= 4 is 0 Å². The van der Waals surface area contributed by atoms with Gasteiger partial charge in [-0.25, -0.2) is 18.3 Å². The first-order chi connectivity index (χ1) is 7.81. The highest BCUT2D eigenvalue weighted by atomic mass is 79.9. The summed E-state index contributed by atoms with van der Waals surface area (Å²) in [5.41, 5.74) is 0. The summed E-state index contributed by atoms with van der Waals surface area (Å²) in [4.78, 5) is 0. The minimum absolute atomic E-state index is 0. The highest BCUT2D eigenvalue weighted by Crippen LogP contribution is 1.85. The summed E-state index contributed by atoms with van der Waals surface area (Å²) in [7, 11) is 0. The first-order valence-corrected chi connectivity index (χ1v) is 5.91. The summed E-state index contributed by atoms with van der Waals surface area (Å²) >= 11 is 0. The predicted molar refractivity (Wildman–Crippen MR) is 60.6 cm³/mol. The minimum Gasteiger partial charge on any atom is -1.00 e. The SMILES string of the molecule is CCn1cc[n+](CC[n+]2ccn(CC)c2)c1.[Br-].[Br-]. The largest absolute Gasteiger partial charge is 1.00 e. The lowest BCUT2D eigenvalue weighted by Crippen LogP contribution is -3.00. The Kier molecular flexibility index (Phi) is 8.18. The molecular formula is C12H20Br2N4. The van der Waals surface area contributed by atoms with Gasteiger partial charge in [0.15, 0.2) is 0 Å². The molecular weight excluding hydrogens is 360 g/mol. The zero-order valence-electron chi connectivity index (χ0n) is 10.8. The molecule has 0 aliphatic carbocycles. The van der Waals surface area contributed by atoms with Crippen LogP contribution in [0, 0.1) is 0 Å². The molecule has 0 spiro atoms. The molecule has 4 nitrogen and oxygen atoms in total. The van der Waals surface area contributed by atoms with Crippen LogP contribution in [-0.4, -0.2) is 9.13 Å². The number of aryl methyl sites for hydroxylation is 4. The van der Waals surface area contributed by atoms with Crippen LogP contribution in [0.3, 0.4) is 0 Å². The Balaban J connectivity index is 0.00000144. The molecule has 0 fully saturated rings. The fraction of sp³-hybridized carbons (Fsp3) is 0.500. The number of halogens is 2. The quantitative estimate of drug-likeness (QED) is 0.462. The van der Waals surface area contributed by atoms with E-state index in [1.165, 1.54) is 0 Å². The van der Waals surface area contributed by atoms with Gasteiger partial charge in [0, 0.05) is 0 Å². The highest BCUT2D eigenvalue weighted by Gasteiger charge is 2.05. The molecule has 18 heavy (non-hydrogen) atoms. The molecule has 0 N–H and O–H groups in total. The normalized spacial score (nSPS) is 9.67. The highest BCUT2D eigenvalue weighted by molar-refractivity contribution is 4.65. The topological polar surface area (TPSA) is 17.6 Å². The molecule has 0 radical (unpaired) electrons. The van der Waals surface area contributed by atoms with Crippen LogP contribution in [-0.2, 0) is 26.2 Å². The van der Waals surface area contributed by atoms with Crippen molar-refractivity contribution in [1.29, 1.82) is 0 Å². The summed E-state index contributed by atoms with van der Waals surface area (Å²) in [6.07, 6.45) is 12.8. The van der Waals surface area contributed by atoms with Crippen molar-refractivity contribution in [2.24, 2.45) is 0 Å². The maximum atomic E-state index is 2.22. The van der Waals surface area contributed by atoms with Gasteiger partial charge in [0.1, 0.15) is 37.9 Å². The van der Waals surface area contributed by atoms with Gasteiger partial charge in [-0.15, -0.1) is 0 Å². The Morgan fingerprint density at radius 1 is 0.778 bits per heavy atom. The van der Waals surface area contributed by atoms with Gasteiger partial charge in [0.05, 0.1) is 13.1 Å². The minimum atomic E-state index is 0. The Bertz CT molecular complexity index is 408. The molecule has 2 aromatic heterocycles. The van der Waals surface area contributed by atoms with Gasteiger partial charge in [0.2, 0.25) is 12.7 Å². The van der Waals surface area contributed by atoms with Crippen LogP contribution in [0.4, 0.5) is 0 Å². The third kappa shape index (κ3) is 4.57. The van der Waals surface area contributed by atoms with E-state index < -0.39 is 0 Å². The van der Waals surface area contributed by atoms with E-state index in [1.54, 1.807) is 0 Å². The second kappa shape index (κ2) is 8.48.